The highest BCUT2D eigenvalue weighted by Gasteiger charge is 2.05. The summed E-state index contributed by atoms with van der Waals surface area (Å²) >= 11 is 2.08. The maximum atomic E-state index is 11.2. The van der Waals surface area contributed by atoms with Gasteiger partial charge >= 0.3 is 5.63 Å². The molecule has 0 fully saturated rings. The van der Waals surface area contributed by atoms with Crippen LogP contribution in [0.15, 0.2) is 33.5 Å². The minimum absolute atomic E-state index is 0.366. The number of carboxylic acids is 1. The Hall–Kier alpha value is -1.37. The minimum Gasteiger partial charge on any atom is -0.545 e. The molecule has 1 aromatic carbocycles. The van der Waals surface area contributed by atoms with Crippen LogP contribution in [0.25, 0.3) is 11.0 Å². The molecule has 0 bridgehead atoms. The second-order valence-corrected chi connectivity index (χ2v) is 4.16. The van der Waals surface area contributed by atoms with E-state index in [2.05, 4.69) is 22.6 Å². The molecule has 0 N–H and O–H groups in total. The second-order valence-electron chi connectivity index (χ2n) is 2.92. The molecule has 2 aromatic rings. The van der Waals surface area contributed by atoms with Gasteiger partial charge in [0.15, 0.2) is 0 Å². The number of halogens is 1. The van der Waals surface area contributed by atoms with Gasteiger partial charge in [0.05, 0.1) is 11.5 Å². The molecule has 76 valence electrons. The molecule has 0 radical (unpaired) electrons. The van der Waals surface area contributed by atoms with Crippen molar-refractivity contribution in [3.8, 4) is 0 Å². The average molecular weight is 315 g/mol. The van der Waals surface area contributed by atoms with Crippen molar-refractivity contribution in [3.05, 3.63) is 43.8 Å². The summed E-state index contributed by atoms with van der Waals surface area (Å²) in [5.74, 6) is -1.52. The summed E-state index contributed by atoms with van der Waals surface area (Å²) in [4.78, 5) is 21.7. The molecule has 1 heterocycles. The fourth-order valence-electron chi connectivity index (χ4n) is 1.24. The van der Waals surface area contributed by atoms with E-state index in [0.717, 1.165) is 3.57 Å². The lowest BCUT2D eigenvalue weighted by atomic mass is 10.2. The normalized spacial score (nSPS) is 10.5. The van der Waals surface area contributed by atoms with Gasteiger partial charge < -0.3 is 14.3 Å². The van der Waals surface area contributed by atoms with Crippen molar-refractivity contribution in [2.24, 2.45) is 0 Å². The number of carbonyl (C=O) groups excluding carboxylic acids is 1. The number of aromatic carboxylic acids is 1. The Bertz CT molecular complexity index is 600. The van der Waals surface area contributed by atoms with Crippen molar-refractivity contribution in [1.29, 1.82) is 0 Å². The molecule has 15 heavy (non-hydrogen) atoms. The summed E-state index contributed by atoms with van der Waals surface area (Å²) in [6, 6.07) is 6.38. The van der Waals surface area contributed by atoms with Crippen molar-refractivity contribution < 1.29 is 14.3 Å². The summed E-state index contributed by atoms with van der Waals surface area (Å²) in [7, 11) is 0. The monoisotopic (exact) mass is 315 g/mol. The first-order chi connectivity index (χ1) is 7.08. The number of carboxylic acid groups (broad SMARTS) is 1. The molecule has 0 atom stereocenters. The fourth-order valence-corrected chi connectivity index (χ4v) is 1.75. The molecule has 0 unspecified atom stereocenters. The highest BCUT2D eigenvalue weighted by atomic mass is 127. The number of fused-ring (bicyclic) bond motifs is 1. The van der Waals surface area contributed by atoms with Crippen molar-refractivity contribution in [2.75, 3.05) is 0 Å². The highest BCUT2D eigenvalue weighted by Crippen LogP contribution is 2.16. The molecule has 1 aromatic heterocycles. The molecule has 0 amide bonds. The Morgan fingerprint density at radius 1 is 1.33 bits per heavy atom. The van der Waals surface area contributed by atoms with E-state index in [1.54, 1.807) is 18.2 Å². The van der Waals surface area contributed by atoms with Crippen LogP contribution in [0.5, 0.6) is 0 Å². The predicted molar refractivity (Wildman–Crippen MR) is 59.5 cm³/mol. The lowest BCUT2D eigenvalue weighted by Gasteiger charge is -2.02. The van der Waals surface area contributed by atoms with E-state index in [4.69, 9.17) is 4.42 Å². The lowest BCUT2D eigenvalue weighted by molar-refractivity contribution is -0.255. The van der Waals surface area contributed by atoms with Crippen molar-refractivity contribution in [1.82, 2.24) is 0 Å². The number of hydrogen-bond acceptors (Lipinski definition) is 4. The molecule has 0 aliphatic rings. The van der Waals surface area contributed by atoms with E-state index in [9.17, 15) is 14.7 Å². The molecule has 0 saturated heterocycles. The van der Waals surface area contributed by atoms with Gasteiger partial charge in [0.1, 0.15) is 5.58 Å². The molecule has 4 nitrogen and oxygen atoms in total. The zero-order chi connectivity index (χ0) is 11.0. The van der Waals surface area contributed by atoms with E-state index < -0.39 is 17.2 Å². The van der Waals surface area contributed by atoms with Crippen LogP contribution >= 0.6 is 22.6 Å². The zero-order valence-electron chi connectivity index (χ0n) is 7.32. The van der Waals surface area contributed by atoms with Gasteiger partial charge in [-0.2, -0.15) is 0 Å². The Morgan fingerprint density at radius 2 is 2.07 bits per heavy atom. The van der Waals surface area contributed by atoms with Crippen LogP contribution in [0, 0.1) is 3.57 Å². The van der Waals surface area contributed by atoms with E-state index in [1.807, 2.05) is 0 Å². The van der Waals surface area contributed by atoms with Crippen LogP contribution < -0.4 is 10.7 Å². The predicted octanol–water partition coefficient (Wildman–Crippen LogP) is 0.761. The van der Waals surface area contributed by atoms with Crippen LogP contribution in [0.2, 0.25) is 0 Å². The molecule has 0 spiro atoms. The molecule has 5 heteroatoms. The lowest BCUT2D eigenvalue weighted by Crippen LogP contribution is -2.28. The van der Waals surface area contributed by atoms with E-state index in [-0.39, 0.29) is 0 Å². The van der Waals surface area contributed by atoms with Crippen molar-refractivity contribution >= 4 is 39.5 Å². The van der Waals surface area contributed by atoms with Crippen LogP contribution in [0.3, 0.4) is 0 Å². The standard InChI is InChI=1S/C10H5IO4/c11-6-1-2-8-5(3-6)4-7(9(12)13)10(14)15-8/h1-4H,(H,12,13)/p-1. The van der Waals surface area contributed by atoms with Crippen LogP contribution in [0.4, 0.5) is 0 Å². The number of benzene rings is 1. The smallest absolute Gasteiger partial charge is 0.345 e. The Morgan fingerprint density at radius 3 is 2.73 bits per heavy atom. The van der Waals surface area contributed by atoms with Gasteiger partial charge in [-0.3, -0.25) is 0 Å². The maximum Gasteiger partial charge on any atom is 0.345 e. The molecular weight excluding hydrogens is 311 g/mol. The molecular formula is C10H4IO4-. The van der Waals surface area contributed by atoms with Crippen LogP contribution in [-0.2, 0) is 0 Å². The van der Waals surface area contributed by atoms with Gasteiger partial charge in [-0.15, -0.1) is 0 Å². The zero-order valence-corrected chi connectivity index (χ0v) is 9.48. The van der Waals surface area contributed by atoms with Gasteiger partial charge in [-0.1, -0.05) is 0 Å². The largest absolute Gasteiger partial charge is 0.545 e. The first-order valence-corrected chi connectivity index (χ1v) is 5.10. The third kappa shape index (κ3) is 1.87. The summed E-state index contributed by atoms with van der Waals surface area (Å²) in [5.41, 5.74) is -0.973. The number of hydrogen-bond donors (Lipinski definition) is 0. The van der Waals surface area contributed by atoms with Gasteiger partial charge in [-0.25, -0.2) is 4.79 Å². The average Bonchev–Trinajstić information content (AvgIpc) is 2.17. The first kappa shape index (κ1) is 10.2. The summed E-state index contributed by atoms with van der Waals surface area (Å²) in [5, 5.41) is 11.1. The van der Waals surface area contributed by atoms with Gasteiger partial charge in [-0.05, 0) is 46.9 Å². The molecule has 0 aliphatic carbocycles. The van der Waals surface area contributed by atoms with E-state index in [1.165, 1.54) is 6.07 Å². The topological polar surface area (TPSA) is 70.3 Å². The van der Waals surface area contributed by atoms with Crippen molar-refractivity contribution in [3.63, 3.8) is 0 Å². The van der Waals surface area contributed by atoms with Gasteiger partial charge in [0.2, 0.25) is 0 Å². The summed E-state index contributed by atoms with van der Waals surface area (Å²) < 4.78 is 5.76. The fraction of sp³-hybridized carbons (Fsp3) is 0. The highest BCUT2D eigenvalue weighted by molar-refractivity contribution is 14.1. The summed E-state index contributed by atoms with van der Waals surface area (Å²) in [6.07, 6.45) is 0. The van der Waals surface area contributed by atoms with Crippen LogP contribution in [-0.4, -0.2) is 5.97 Å². The molecule has 0 saturated carbocycles. The quantitative estimate of drug-likeness (QED) is 0.575. The molecule has 0 aliphatic heterocycles. The molecule has 2 rings (SSSR count). The van der Waals surface area contributed by atoms with Gasteiger partial charge in [0, 0.05) is 8.96 Å². The Balaban J connectivity index is 2.83. The number of rotatable bonds is 1. The minimum atomic E-state index is -1.52. The summed E-state index contributed by atoms with van der Waals surface area (Å²) in [6.45, 7) is 0. The first-order valence-electron chi connectivity index (χ1n) is 4.02. The van der Waals surface area contributed by atoms with E-state index in [0.29, 0.717) is 11.0 Å². The second kappa shape index (κ2) is 3.65. The Labute approximate surface area is 97.7 Å². The SMILES string of the molecule is O=C([O-])c1cc2cc(I)ccc2oc1=O. The maximum absolute atomic E-state index is 11.2. The van der Waals surface area contributed by atoms with Crippen LogP contribution in [0.1, 0.15) is 10.4 Å². The van der Waals surface area contributed by atoms with Crippen molar-refractivity contribution in [2.45, 2.75) is 0 Å². The third-order valence-electron chi connectivity index (χ3n) is 1.91. The Kier molecular flexibility index (Phi) is 2.47. The number of carbonyl (C=O) groups is 1. The van der Waals surface area contributed by atoms with Gasteiger partial charge in [0.25, 0.3) is 0 Å². The third-order valence-corrected chi connectivity index (χ3v) is 2.59. The van der Waals surface area contributed by atoms with E-state index >= 15 is 0 Å².